The second kappa shape index (κ2) is 9.05. The van der Waals surface area contributed by atoms with E-state index in [0.29, 0.717) is 25.9 Å². The van der Waals surface area contributed by atoms with E-state index in [9.17, 15) is 9.59 Å². The maximum absolute atomic E-state index is 13.3. The molecule has 4 rings (SSSR count). The average molecular weight is 423 g/mol. The first-order chi connectivity index (χ1) is 14.5. The van der Waals surface area contributed by atoms with Gasteiger partial charge in [-0.1, -0.05) is 41.9 Å². The highest BCUT2D eigenvalue weighted by molar-refractivity contribution is 6.30. The monoisotopic (exact) mass is 422 g/mol. The Morgan fingerprint density at radius 2 is 1.80 bits per heavy atom. The van der Waals surface area contributed by atoms with E-state index >= 15 is 0 Å². The molecule has 2 aliphatic heterocycles. The van der Waals surface area contributed by atoms with Gasteiger partial charge in [-0.2, -0.15) is 0 Å². The van der Waals surface area contributed by atoms with Crippen molar-refractivity contribution in [1.82, 2.24) is 4.90 Å². The lowest BCUT2D eigenvalue weighted by molar-refractivity contribution is -0.131. The third kappa shape index (κ3) is 4.44. The number of rotatable bonds is 3. The van der Waals surface area contributed by atoms with Crippen LogP contribution in [0.5, 0.6) is 0 Å². The van der Waals surface area contributed by atoms with Crippen molar-refractivity contribution in [2.24, 2.45) is 5.92 Å². The molecule has 0 spiro atoms. The van der Waals surface area contributed by atoms with E-state index in [1.807, 2.05) is 65.3 Å². The van der Waals surface area contributed by atoms with Gasteiger partial charge in [-0.3, -0.25) is 9.59 Å². The number of benzene rings is 2. The molecule has 30 heavy (non-hydrogen) atoms. The average Bonchev–Trinajstić information content (AvgIpc) is 2.77. The van der Waals surface area contributed by atoms with Crippen LogP contribution in [-0.2, 0) is 16.0 Å². The minimum Gasteiger partial charge on any atom is -0.339 e. The number of nitrogens with zero attached hydrogens (tertiary/aromatic N) is 2. The van der Waals surface area contributed by atoms with E-state index in [1.54, 1.807) is 6.08 Å². The van der Waals surface area contributed by atoms with Crippen molar-refractivity contribution in [1.29, 1.82) is 0 Å². The summed E-state index contributed by atoms with van der Waals surface area (Å²) in [7, 11) is 0. The van der Waals surface area contributed by atoms with Crippen LogP contribution in [0.1, 0.15) is 36.0 Å². The highest BCUT2D eigenvalue weighted by Crippen LogP contribution is 2.35. The Bertz CT molecular complexity index is 963. The molecule has 156 valence electrons. The summed E-state index contributed by atoms with van der Waals surface area (Å²) in [5, 5.41) is 0.732. The number of aryl methyl sites for hydroxylation is 2. The van der Waals surface area contributed by atoms with E-state index < -0.39 is 0 Å². The van der Waals surface area contributed by atoms with Gasteiger partial charge in [-0.15, -0.1) is 0 Å². The maximum atomic E-state index is 13.3. The second-order valence-electron chi connectivity index (χ2n) is 8.17. The summed E-state index contributed by atoms with van der Waals surface area (Å²) in [4.78, 5) is 29.6. The van der Waals surface area contributed by atoms with Crippen molar-refractivity contribution >= 4 is 35.2 Å². The maximum Gasteiger partial charge on any atom is 0.246 e. The predicted octanol–water partition coefficient (Wildman–Crippen LogP) is 4.88. The van der Waals surface area contributed by atoms with Gasteiger partial charge in [-0.25, -0.2) is 0 Å². The summed E-state index contributed by atoms with van der Waals surface area (Å²) in [5.74, 6) is 0.167. The number of carbonyl (C=O) groups is 2. The van der Waals surface area contributed by atoms with Crippen LogP contribution in [0.3, 0.4) is 0 Å². The van der Waals surface area contributed by atoms with Gasteiger partial charge in [-0.05, 0) is 67.5 Å². The molecule has 4 nitrogen and oxygen atoms in total. The first kappa shape index (κ1) is 20.7. The zero-order chi connectivity index (χ0) is 21.1. The van der Waals surface area contributed by atoms with Crippen LogP contribution in [0.15, 0.2) is 48.5 Å². The molecule has 0 unspecified atom stereocenters. The summed E-state index contributed by atoms with van der Waals surface area (Å²) < 4.78 is 0. The van der Waals surface area contributed by atoms with Crippen LogP contribution in [0.25, 0.3) is 6.08 Å². The first-order valence-corrected chi connectivity index (χ1v) is 11.0. The van der Waals surface area contributed by atoms with Crippen LogP contribution >= 0.6 is 11.6 Å². The number of hydrogen-bond donors (Lipinski definition) is 0. The second-order valence-corrected chi connectivity index (χ2v) is 8.60. The Kier molecular flexibility index (Phi) is 6.24. The molecule has 1 saturated heterocycles. The third-order valence-corrected chi connectivity index (χ3v) is 6.30. The van der Waals surface area contributed by atoms with Gasteiger partial charge in [0.15, 0.2) is 0 Å². The van der Waals surface area contributed by atoms with Crippen LogP contribution in [0.4, 0.5) is 5.69 Å². The summed E-state index contributed by atoms with van der Waals surface area (Å²) >= 11 is 6.22. The lowest BCUT2D eigenvalue weighted by atomic mass is 9.92. The molecule has 0 N–H and O–H groups in total. The molecule has 0 aromatic heterocycles. The Balaban J connectivity index is 1.39. The van der Waals surface area contributed by atoms with Crippen LogP contribution in [0, 0.1) is 12.8 Å². The first-order valence-electron chi connectivity index (χ1n) is 10.7. The smallest absolute Gasteiger partial charge is 0.246 e. The fraction of sp³-hybridized carbons (Fsp3) is 0.360. The van der Waals surface area contributed by atoms with Gasteiger partial charge in [0.1, 0.15) is 0 Å². The fourth-order valence-electron chi connectivity index (χ4n) is 4.55. The molecule has 0 radical (unpaired) electrons. The lowest BCUT2D eigenvalue weighted by Crippen LogP contribution is -2.45. The molecular formula is C25H27ClN2O2. The van der Waals surface area contributed by atoms with E-state index in [2.05, 4.69) is 0 Å². The summed E-state index contributed by atoms with van der Waals surface area (Å²) in [6.45, 7) is 4.02. The molecule has 2 amide bonds. The molecular weight excluding hydrogens is 396 g/mol. The molecule has 0 atom stereocenters. The number of amides is 2. The number of halogens is 1. The molecule has 0 saturated carbocycles. The van der Waals surface area contributed by atoms with Gasteiger partial charge in [0.05, 0.1) is 0 Å². The van der Waals surface area contributed by atoms with Gasteiger partial charge in [0, 0.05) is 42.3 Å². The molecule has 2 aliphatic rings. The molecule has 5 heteroatoms. The minimum absolute atomic E-state index is 0.0126. The van der Waals surface area contributed by atoms with Crippen molar-refractivity contribution in [2.45, 2.75) is 32.6 Å². The van der Waals surface area contributed by atoms with E-state index in [1.165, 1.54) is 5.56 Å². The Hall–Kier alpha value is -2.59. The zero-order valence-corrected chi connectivity index (χ0v) is 18.1. The largest absolute Gasteiger partial charge is 0.339 e. The Labute approximate surface area is 183 Å². The van der Waals surface area contributed by atoms with Crippen LogP contribution in [-0.4, -0.2) is 36.3 Å². The SMILES string of the molecule is Cc1cc(Cl)cc2c1N(C(=O)C1CCN(C(=O)/C=C/c3ccccc3)CC1)CCC2. The number of fused-ring (bicyclic) bond motifs is 1. The number of carbonyl (C=O) groups excluding carboxylic acids is 2. The molecule has 2 aromatic carbocycles. The normalized spacial score (nSPS) is 17.3. The summed E-state index contributed by atoms with van der Waals surface area (Å²) in [6, 6.07) is 13.7. The topological polar surface area (TPSA) is 40.6 Å². The van der Waals surface area contributed by atoms with E-state index in [4.69, 9.17) is 11.6 Å². The Morgan fingerprint density at radius 3 is 2.53 bits per heavy atom. The van der Waals surface area contributed by atoms with Crippen molar-refractivity contribution in [2.75, 3.05) is 24.5 Å². The number of likely N-dealkylation sites (tertiary alicyclic amines) is 1. The van der Waals surface area contributed by atoms with Crippen LogP contribution in [0.2, 0.25) is 5.02 Å². The predicted molar refractivity (Wildman–Crippen MR) is 122 cm³/mol. The van der Waals surface area contributed by atoms with Gasteiger partial charge >= 0.3 is 0 Å². The minimum atomic E-state index is -0.0341. The highest BCUT2D eigenvalue weighted by atomic mass is 35.5. The third-order valence-electron chi connectivity index (χ3n) is 6.08. The molecule has 1 fully saturated rings. The lowest BCUT2D eigenvalue weighted by Gasteiger charge is -2.37. The van der Waals surface area contributed by atoms with E-state index in [0.717, 1.165) is 41.2 Å². The number of hydrogen-bond acceptors (Lipinski definition) is 2. The van der Waals surface area contributed by atoms with Gasteiger partial charge in [0.25, 0.3) is 0 Å². The van der Waals surface area contributed by atoms with Crippen molar-refractivity contribution in [3.05, 3.63) is 70.3 Å². The summed E-state index contributed by atoms with van der Waals surface area (Å²) in [5.41, 5.74) is 4.28. The van der Waals surface area contributed by atoms with Crippen molar-refractivity contribution in [3.63, 3.8) is 0 Å². The quantitative estimate of drug-likeness (QED) is 0.661. The van der Waals surface area contributed by atoms with Crippen molar-refractivity contribution in [3.8, 4) is 0 Å². The van der Waals surface area contributed by atoms with Crippen LogP contribution < -0.4 is 4.90 Å². The molecule has 2 aromatic rings. The van der Waals surface area contributed by atoms with Gasteiger partial charge < -0.3 is 9.80 Å². The standard InChI is InChI=1S/C25H27ClN2O2/c1-18-16-22(26)17-21-8-5-13-28(24(18)21)25(30)20-11-14-27(15-12-20)23(29)10-9-19-6-3-2-4-7-19/h2-4,6-7,9-10,16-17,20H,5,8,11-15H2,1H3/b10-9+. The van der Waals surface area contributed by atoms with Crippen molar-refractivity contribution < 1.29 is 9.59 Å². The molecule has 0 bridgehead atoms. The number of anilines is 1. The van der Waals surface area contributed by atoms with Gasteiger partial charge in [0.2, 0.25) is 11.8 Å². The zero-order valence-electron chi connectivity index (χ0n) is 17.3. The van der Waals surface area contributed by atoms with E-state index in [-0.39, 0.29) is 17.7 Å². The fourth-order valence-corrected chi connectivity index (χ4v) is 4.84. The Morgan fingerprint density at radius 1 is 1.07 bits per heavy atom. The number of piperidine rings is 1. The highest BCUT2D eigenvalue weighted by Gasteiger charge is 2.33. The molecule has 2 heterocycles. The molecule has 0 aliphatic carbocycles. The summed E-state index contributed by atoms with van der Waals surface area (Å²) in [6.07, 6.45) is 6.81.